The van der Waals surface area contributed by atoms with Crippen molar-refractivity contribution in [2.75, 3.05) is 0 Å². The zero-order valence-corrected chi connectivity index (χ0v) is 7.77. The van der Waals surface area contributed by atoms with Crippen LogP contribution in [0.3, 0.4) is 0 Å². The van der Waals surface area contributed by atoms with Crippen LogP contribution in [0.1, 0.15) is 11.1 Å². The summed E-state index contributed by atoms with van der Waals surface area (Å²) in [5, 5.41) is 8.74. The molecule has 1 aromatic heterocycles. The lowest BCUT2D eigenvalue weighted by atomic mass is 10.1. The number of pyridine rings is 1. The van der Waals surface area contributed by atoms with Gasteiger partial charge in [-0.25, -0.2) is 4.39 Å². The molecule has 0 amide bonds. The molecule has 0 aliphatic rings. The Morgan fingerprint density at radius 1 is 1.44 bits per heavy atom. The van der Waals surface area contributed by atoms with E-state index in [9.17, 15) is 22.4 Å². The third kappa shape index (κ3) is 2.72. The molecular formula is C8H7F4NO3. The van der Waals surface area contributed by atoms with Crippen LogP contribution in [0.25, 0.3) is 0 Å². The van der Waals surface area contributed by atoms with Crippen molar-refractivity contribution in [2.24, 2.45) is 0 Å². The fourth-order valence-corrected chi connectivity index (χ4v) is 1.10. The average Bonchev–Trinajstić information content (AvgIpc) is 2.19. The van der Waals surface area contributed by atoms with E-state index in [1.165, 1.54) is 0 Å². The maximum atomic E-state index is 12.5. The highest BCUT2D eigenvalue weighted by atomic mass is 19.4. The molecule has 1 heterocycles. The maximum Gasteiger partial charge on any atom is 0.573 e. The third-order valence-electron chi connectivity index (χ3n) is 1.77. The van der Waals surface area contributed by atoms with Gasteiger partial charge in [-0.3, -0.25) is 4.79 Å². The summed E-state index contributed by atoms with van der Waals surface area (Å²) in [4.78, 5) is 12.9. The Labute approximate surface area is 86.5 Å². The molecule has 0 unspecified atom stereocenters. The van der Waals surface area contributed by atoms with E-state index in [2.05, 4.69) is 4.74 Å². The Morgan fingerprint density at radius 2 is 2.06 bits per heavy atom. The van der Waals surface area contributed by atoms with Gasteiger partial charge in [0.2, 0.25) is 5.75 Å². The van der Waals surface area contributed by atoms with Gasteiger partial charge in [0.15, 0.2) is 0 Å². The first-order valence-electron chi connectivity index (χ1n) is 4.05. The zero-order chi connectivity index (χ0) is 12.3. The number of hydrogen-bond acceptors (Lipinski definition) is 3. The Hall–Kier alpha value is -1.57. The van der Waals surface area contributed by atoms with Crippen LogP contribution in [0, 0.1) is 0 Å². The summed E-state index contributed by atoms with van der Waals surface area (Å²) in [5.41, 5.74) is -1.98. The highest BCUT2D eigenvalue weighted by molar-refractivity contribution is 5.36. The summed E-state index contributed by atoms with van der Waals surface area (Å²) < 4.78 is 51.6. The molecule has 1 rings (SSSR count). The summed E-state index contributed by atoms with van der Waals surface area (Å²) in [5.74, 6) is -1.18. The van der Waals surface area contributed by atoms with Crippen LogP contribution in [-0.2, 0) is 13.3 Å². The highest BCUT2D eigenvalue weighted by Crippen LogP contribution is 2.25. The minimum absolute atomic E-state index is 0.165. The second kappa shape index (κ2) is 4.52. The molecule has 0 aliphatic carbocycles. The smallest absolute Gasteiger partial charge is 0.399 e. The fraction of sp³-hybridized carbons (Fsp3) is 0.375. The van der Waals surface area contributed by atoms with E-state index >= 15 is 0 Å². The van der Waals surface area contributed by atoms with E-state index in [1.54, 1.807) is 0 Å². The van der Waals surface area contributed by atoms with Crippen LogP contribution < -0.4 is 10.3 Å². The number of alkyl halides is 4. The first-order valence-corrected chi connectivity index (χ1v) is 4.05. The van der Waals surface area contributed by atoms with Crippen molar-refractivity contribution in [2.45, 2.75) is 19.6 Å². The van der Waals surface area contributed by atoms with Gasteiger partial charge in [-0.15, -0.1) is 13.2 Å². The predicted molar refractivity (Wildman–Crippen MR) is 44.5 cm³/mol. The van der Waals surface area contributed by atoms with Crippen LogP contribution >= 0.6 is 0 Å². The molecule has 0 aromatic carbocycles. The van der Waals surface area contributed by atoms with Crippen molar-refractivity contribution in [3.63, 3.8) is 0 Å². The SMILES string of the molecule is O=c1[nH]cc(CO)c(CF)c1OC(F)(F)F. The summed E-state index contributed by atoms with van der Waals surface area (Å²) in [6.07, 6.45) is -4.16. The summed E-state index contributed by atoms with van der Waals surface area (Å²) in [6, 6.07) is 0. The summed E-state index contributed by atoms with van der Waals surface area (Å²) in [7, 11) is 0. The van der Waals surface area contributed by atoms with Gasteiger partial charge in [0.05, 0.1) is 6.61 Å². The third-order valence-corrected chi connectivity index (χ3v) is 1.77. The lowest BCUT2D eigenvalue weighted by molar-refractivity contribution is -0.275. The molecule has 1 aromatic rings. The summed E-state index contributed by atoms with van der Waals surface area (Å²) in [6.45, 7) is -2.05. The number of aromatic nitrogens is 1. The van der Waals surface area contributed by atoms with E-state index < -0.39 is 36.5 Å². The van der Waals surface area contributed by atoms with E-state index in [4.69, 9.17) is 5.11 Å². The van der Waals surface area contributed by atoms with Crippen molar-refractivity contribution < 1.29 is 27.4 Å². The lowest BCUT2D eigenvalue weighted by Gasteiger charge is -2.12. The molecule has 0 saturated carbocycles. The van der Waals surface area contributed by atoms with Crippen LogP contribution in [0.15, 0.2) is 11.0 Å². The first kappa shape index (κ1) is 12.5. The van der Waals surface area contributed by atoms with Crippen LogP contribution in [0.4, 0.5) is 17.6 Å². The number of aromatic amines is 1. The van der Waals surface area contributed by atoms with Gasteiger partial charge in [0, 0.05) is 17.3 Å². The molecule has 0 aliphatic heterocycles. The van der Waals surface area contributed by atoms with Gasteiger partial charge in [0.1, 0.15) is 6.67 Å². The van der Waals surface area contributed by atoms with Gasteiger partial charge in [0.25, 0.3) is 5.56 Å². The predicted octanol–water partition coefficient (Wildman–Crippen LogP) is 1.24. The Kier molecular flexibility index (Phi) is 3.53. The Bertz CT molecular complexity index is 426. The van der Waals surface area contributed by atoms with Gasteiger partial charge in [-0.1, -0.05) is 0 Å². The molecule has 0 spiro atoms. The molecule has 4 nitrogen and oxygen atoms in total. The lowest BCUT2D eigenvalue weighted by Crippen LogP contribution is -2.24. The average molecular weight is 241 g/mol. The number of aliphatic hydroxyl groups is 1. The van der Waals surface area contributed by atoms with Crippen LogP contribution in [0.2, 0.25) is 0 Å². The molecule has 0 fully saturated rings. The topological polar surface area (TPSA) is 62.3 Å². The minimum atomic E-state index is -5.09. The molecule has 0 saturated heterocycles. The van der Waals surface area contributed by atoms with Crippen molar-refractivity contribution in [3.05, 3.63) is 27.7 Å². The number of rotatable bonds is 3. The quantitative estimate of drug-likeness (QED) is 0.782. The van der Waals surface area contributed by atoms with Crippen molar-refractivity contribution in [1.82, 2.24) is 4.98 Å². The number of nitrogens with one attached hydrogen (secondary N) is 1. The second-order valence-corrected chi connectivity index (χ2v) is 2.79. The van der Waals surface area contributed by atoms with E-state index in [0.29, 0.717) is 0 Å². The van der Waals surface area contributed by atoms with Gasteiger partial charge >= 0.3 is 6.36 Å². The summed E-state index contributed by atoms with van der Waals surface area (Å²) >= 11 is 0. The number of ether oxygens (including phenoxy) is 1. The normalized spacial score (nSPS) is 11.6. The van der Waals surface area contributed by atoms with E-state index in [1.807, 2.05) is 4.98 Å². The van der Waals surface area contributed by atoms with Gasteiger partial charge in [-0.2, -0.15) is 0 Å². The molecule has 0 atom stereocenters. The zero-order valence-electron chi connectivity index (χ0n) is 7.77. The Balaban J connectivity index is 3.29. The first-order chi connectivity index (χ1) is 7.39. The molecule has 0 radical (unpaired) electrons. The largest absolute Gasteiger partial charge is 0.573 e. The number of halogens is 4. The molecule has 16 heavy (non-hydrogen) atoms. The Morgan fingerprint density at radius 3 is 2.50 bits per heavy atom. The molecule has 2 N–H and O–H groups in total. The standard InChI is InChI=1S/C8H7F4NO3/c9-1-5-4(3-14)2-13-7(15)6(5)16-8(10,11)12/h2,14H,1,3H2,(H,13,15). The monoisotopic (exact) mass is 241 g/mol. The van der Waals surface area contributed by atoms with Crippen LogP contribution in [-0.4, -0.2) is 16.5 Å². The van der Waals surface area contributed by atoms with E-state index in [-0.39, 0.29) is 5.56 Å². The second-order valence-electron chi connectivity index (χ2n) is 2.79. The van der Waals surface area contributed by atoms with Crippen molar-refractivity contribution in [3.8, 4) is 5.75 Å². The minimum Gasteiger partial charge on any atom is -0.399 e. The van der Waals surface area contributed by atoms with Gasteiger partial charge in [-0.05, 0) is 0 Å². The number of aliphatic hydroxyl groups excluding tert-OH is 1. The number of H-pyrrole nitrogens is 1. The van der Waals surface area contributed by atoms with Crippen LogP contribution in [0.5, 0.6) is 5.75 Å². The molecule has 0 bridgehead atoms. The maximum absolute atomic E-state index is 12.5. The van der Waals surface area contributed by atoms with Gasteiger partial charge < -0.3 is 14.8 Å². The molecular weight excluding hydrogens is 234 g/mol. The molecule has 8 heteroatoms. The molecule has 90 valence electrons. The highest BCUT2D eigenvalue weighted by Gasteiger charge is 2.34. The van der Waals surface area contributed by atoms with E-state index in [0.717, 1.165) is 6.20 Å². The van der Waals surface area contributed by atoms with Crippen molar-refractivity contribution in [1.29, 1.82) is 0 Å². The number of hydrogen-bond donors (Lipinski definition) is 2. The fourth-order valence-electron chi connectivity index (χ4n) is 1.10. The van der Waals surface area contributed by atoms with Crippen molar-refractivity contribution >= 4 is 0 Å².